The predicted molar refractivity (Wildman–Crippen MR) is 98.2 cm³/mol. The molecule has 0 spiro atoms. The van der Waals surface area contributed by atoms with Crippen LogP contribution < -0.4 is 15.2 Å². The summed E-state index contributed by atoms with van der Waals surface area (Å²) in [6.45, 7) is 0.483. The number of carbonyl (C=O) groups is 1. The highest BCUT2D eigenvalue weighted by atomic mass is 32.2. The maximum Gasteiger partial charge on any atom is 0.238 e. The lowest BCUT2D eigenvalue weighted by Gasteiger charge is -2.06. The Morgan fingerprint density at radius 1 is 1.12 bits per heavy atom. The van der Waals surface area contributed by atoms with Crippen molar-refractivity contribution < 1.29 is 17.9 Å². The van der Waals surface area contributed by atoms with Gasteiger partial charge in [-0.05, 0) is 48.4 Å². The maximum absolute atomic E-state index is 11.9. The van der Waals surface area contributed by atoms with Crippen LogP contribution in [0.3, 0.4) is 0 Å². The summed E-state index contributed by atoms with van der Waals surface area (Å²) in [4.78, 5) is 12.9. The number of hydrogen-bond acceptors (Lipinski definition) is 5. The summed E-state index contributed by atoms with van der Waals surface area (Å²) in [6, 6.07) is 13.8. The standard InChI is InChI=1S/C17H20N2O4S2/c1-23-14-4-6-15(7-5-14)24-12-17(20)19-11-10-13-2-8-16(9-3-13)25(18,21)22/h2-9H,10-12H2,1H3,(H,19,20)(H2,18,21,22). The van der Waals surface area contributed by atoms with Crippen molar-refractivity contribution in [3.63, 3.8) is 0 Å². The van der Waals surface area contributed by atoms with E-state index in [0.717, 1.165) is 16.2 Å². The summed E-state index contributed by atoms with van der Waals surface area (Å²) >= 11 is 1.45. The van der Waals surface area contributed by atoms with Gasteiger partial charge in [0.25, 0.3) is 0 Å². The molecule has 0 aliphatic heterocycles. The first-order valence-electron chi connectivity index (χ1n) is 7.54. The Hall–Kier alpha value is -2.03. The van der Waals surface area contributed by atoms with Crippen molar-refractivity contribution in [3.8, 4) is 5.75 Å². The highest BCUT2D eigenvalue weighted by Crippen LogP contribution is 2.20. The zero-order chi connectivity index (χ0) is 18.3. The number of nitrogens with one attached hydrogen (secondary N) is 1. The molecule has 1 amide bonds. The third kappa shape index (κ3) is 6.41. The quantitative estimate of drug-likeness (QED) is 0.681. The molecule has 25 heavy (non-hydrogen) atoms. The molecule has 0 saturated carbocycles. The molecule has 2 aromatic rings. The van der Waals surface area contributed by atoms with Gasteiger partial charge in [0.15, 0.2) is 0 Å². The van der Waals surface area contributed by atoms with Crippen molar-refractivity contribution >= 4 is 27.7 Å². The van der Waals surface area contributed by atoms with Crippen molar-refractivity contribution in [2.24, 2.45) is 5.14 Å². The maximum atomic E-state index is 11.9. The first kappa shape index (κ1) is 19.3. The molecule has 0 aliphatic rings. The third-order valence-corrected chi connectivity index (χ3v) is 5.36. The molecule has 134 valence electrons. The highest BCUT2D eigenvalue weighted by molar-refractivity contribution is 8.00. The van der Waals surface area contributed by atoms with Crippen LogP contribution in [-0.2, 0) is 21.2 Å². The average Bonchev–Trinajstić information content (AvgIpc) is 2.60. The van der Waals surface area contributed by atoms with Crippen LogP contribution in [0.1, 0.15) is 5.56 Å². The molecule has 0 atom stereocenters. The normalized spacial score (nSPS) is 11.1. The van der Waals surface area contributed by atoms with Gasteiger partial charge in [-0.2, -0.15) is 0 Å². The average molecular weight is 380 g/mol. The number of nitrogens with two attached hydrogens (primary N) is 1. The van der Waals surface area contributed by atoms with E-state index < -0.39 is 10.0 Å². The van der Waals surface area contributed by atoms with Crippen molar-refractivity contribution in [2.75, 3.05) is 19.4 Å². The molecule has 0 aliphatic carbocycles. The van der Waals surface area contributed by atoms with Gasteiger partial charge >= 0.3 is 0 Å². The summed E-state index contributed by atoms with van der Waals surface area (Å²) in [5.41, 5.74) is 0.926. The lowest BCUT2D eigenvalue weighted by atomic mass is 10.1. The molecule has 0 fully saturated rings. The molecule has 2 aromatic carbocycles. The van der Waals surface area contributed by atoms with Crippen LogP contribution in [0.5, 0.6) is 5.75 Å². The number of hydrogen-bond donors (Lipinski definition) is 2. The molecule has 2 rings (SSSR count). The highest BCUT2D eigenvalue weighted by Gasteiger charge is 2.07. The summed E-state index contributed by atoms with van der Waals surface area (Å²) in [5, 5.41) is 7.89. The van der Waals surface area contributed by atoms with E-state index in [1.807, 2.05) is 24.3 Å². The Morgan fingerprint density at radius 3 is 2.32 bits per heavy atom. The van der Waals surface area contributed by atoms with E-state index in [0.29, 0.717) is 18.7 Å². The van der Waals surface area contributed by atoms with E-state index >= 15 is 0 Å². The molecule has 6 nitrogen and oxygen atoms in total. The van der Waals surface area contributed by atoms with Gasteiger partial charge in [0, 0.05) is 11.4 Å². The molecular formula is C17H20N2O4S2. The number of methoxy groups -OCH3 is 1. The van der Waals surface area contributed by atoms with E-state index in [1.54, 1.807) is 19.2 Å². The summed E-state index contributed by atoms with van der Waals surface area (Å²) in [6.07, 6.45) is 0.615. The molecule has 0 bridgehead atoms. The Balaban J connectivity index is 1.72. The minimum Gasteiger partial charge on any atom is -0.497 e. The number of sulfonamides is 1. The van der Waals surface area contributed by atoms with Crippen LogP contribution in [0.2, 0.25) is 0 Å². The zero-order valence-electron chi connectivity index (χ0n) is 13.8. The SMILES string of the molecule is COc1ccc(SCC(=O)NCCc2ccc(S(N)(=O)=O)cc2)cc1. The van der Waals surface area contributed by atoms with Gasteiger partial charge in [0.1, 0.15) is 5.75 Å². The second kappa shape index (κ2) is 8.89. The van der Waals surface area contributed by atoms with E-state index in [1.165, 1.54) is 23.9 Å². The fraction of sp³-hybridized carbons (Fsp3) is 0.235. The van der Waals surface area contributed by atoms with E-state index in [4.69, 9.17) is 9.88 Å². The van der Waals surface area contributed by atoms with Gasteiger partial charge in [0.05, 0.1) is 17.8 Å². The van der Waals surface area contributed by atoms with Crippen LogP contribution in [-0.4, -0.2) is 33.7 Å². The van der Waals surface area contributed by atoms with Crippen LogP contribution in [0.25, 0.3) is 0 Å². The van der Waals surface area contributed by atoms with Crippen molar-refractivity contribution in [3.05, 3.63) is 54.1 Å². The summed E-state index contributed by atoms with van der Waals surface area (Å²) in [5.74, 6) is 1.06. The number of rotatable bonds is 8. The van der Waals surface area contributed by atoms with Crippen LogP contribution in [0.4, 0.5) is 0 Å². The monoisotopic (exact) mass is 380 g/mol. The smallest absolute Gasteiger partial charge is 0.238 e. The molecule has 0 saturated heterocycles. The molecule has 8 heteroatoms. The number of benzene rings is 2. The lowest BCUT2D eigenvalue weighted by molar-refractivity contribution is -0.118. The van der Waals surface area contributed by atoms with Gasteiger partial charge in [-0.25, -0.2) is 13.6 Å². The van der Waals surface area contributed by atoms with Gasteiger partial charge in [-0.1, -0.05) is 12.1 Å². The van der Waals surface area contributed by atoms with E-state index in [2.05, 4.69) is 5.32 Å². The Labute approximate surface area is 151 Å². The molecule has 0 radical (unpaired) electrons. The van der Waals surface area contributed by atoms with E-state index in [9.17, 15) is 13.2 Å². The van der Waals surface area contributed by atoms with Gasteiger partial charge < -0.3 is 10.1 Å². The number of amides is 1. The first-order valence-corrected chi connectivity index (χ1v) is 10.1. The van der Waals surface area contributed by atoms with Crippen LogP contribution >= 0.6 is 11.8 Å². The third-order valence-electron chi connectivity index (χ3n) is 3.42. The van der Waals surface area contributed by atoms with Gasteiger partial charge in [0.2, 0.25) is 15.9 Å². The number of carbonyl (C=O) groups excluding carboxylic acids is 1. The van der Waals surface area contributed by atoms with Crippen molar-refractivity contribution in [1.82, 2.24) is 5.32 Å². The summed E-state index contributed by atoms with van der Waals surface area (Å²) in [7, 11) is -2.06. The second-order valence-electron chi connectivity index (χ2n) is 5.25. The van der Waals surface area contributed by atoms with Gasteiger partial charge in [-0.15, -0.1) is 11.8 Å². The molecule has 0 heterocycles. The predicted octanol–water partition coefficient (Wildman–Crippen LogP) is 1.79. The fourth-order valence-electron chi connectivity index (χ4n) is 2.06. The number of thioether (sulfide) groups is 1. The summed E-state index contributed by atoms with van der Waals surface area (Å²) < 4.78 is 27.5. The molecule has 3 N–H and O–H groups in total. The second-order valence-corrected chi connectivity index (χ2v) is 7.86. The van der Waals surface area contributed by atoms with Crippen LogP contribution in [0, 0.1) is 0 Å². The largest absolute Gasteiger partial charge is 0.497 e. The number of ether oxygens (including phenoxy) is 1. The van der Waals surface area contributed by atoms with Crippen molar-refractivity contribution in [1.29, 1.82) is 0 Å². The Morgan fingerprint density at radius 2 is 1.76 bits per heavy atom. The Kier molecular flexibility index (Phi) is 6.86. The lowest BCUT2D eigenvalue weighted by Crippen LogP contribution is -2.27. The minimum absolute atomic E-state index is 0.0537. The van der Waals surface area contributed by atoms with E-state index in [-0.39, 0.29) is 10.8 Å². The number of primary sulfonamides is 1. The zero-order valence-corrected chi connectivity index (χ0v) is 15.4. The molecular weight excluding hydrogens is 360 g/mol. The first-order chi connectivity index (χ1) is 11.9. The van der Waals surface area contributed by atoms with Crippen molar-refractivity contribution in [2.45, 2.75) is 16.2 Å². The fourth-order valence-corrected chi connectivity index (χ4v) is 3.31. The molecule has 0 unspecified atom stereocenters. The minimum atomic E-state index is -3.67. The topological polar surface area (TPSA) is 98.5 Å². The Bertz CT molecular complexity index is 804. The molecule has 0 aromatic heterocycles. The van der Waals surface area contributed by atoms with Gasteiger partial charge in [-0.3, -0.25) is 4.79 Å². The van der Waals surface area contributed by atoms with Crippen LogP contribution in [0.15, 0.2) is 58.3 Å².